The number of benzene rings is 2. The van der Waals surface area contributed by atoms with Gasteiger partial charge in [-0.1, -0.05) is 36.1 Å². The molecular weight excluding hydrogens is 520 g/mol. The van der Waals surface area contributed by atoms with Gasteiger partial charge < -0.3 is 21.9 Å². The van der Waals surface area contributed by atoms with Crippen molar-refractivity contribution in [2.24, 2.45) is 0 Å². The lowest BCUT2D eigenvalue weighted by atomic mass is 9.91. The second kappa shape index (κ2) is 10.6. The molecule has 5 rings (SSSR count). The van der Waals surface area contributed by atoms with Crippen molar-refractivity contribution in [3.8, 4) is 0 Å². The van der Waals surface area contributed by atoms with Crippen molar-refractivity contribution in [2.75, 3.05) is 11.4 Å². The molecule has 2 aliphatic rings. The van der Waals surface area contributed by atoms with Crippen LogP contribution in [-0.2, 0) is 19.4 Å². The zero-order valence-corrected chi connectivity index (χ0v) is 24.2. The number of thiazole rings is 1. The van der Waals surface area contributed by atoms with Gasteiger partial charge in [-0.2, -0.15) is 4.57 Å². The van der Waals surface area contributed by atoms with Gasteiger partial charge in [0, 0.05) is 23.6 Å². The van der Waals surface area contributed by atoms with Gasteiger partial charge in [-0.15, -0.1) is 0 Å². The Balaban J connectivity index is 0.00000274. The summed E-state index contributed by atoms with van der Waals surface area (Å²) in [6.07, 6.45) is 11.1. The van der Waals surface area contributed by atoms with Gasteiger partial charge in [-0.05, 0) is 106 Å². The van der Waals surface area contributed by atoms with E-state index >= 15 is 0 Å². The summed E-state index contributed by atoms with van der Waals surface area (Å²) in [5.41, 5.74) is 10.1. The van der Waals surface area contributed by atoms with Crippen LogP contribution >= 0.6 is 23.1 Å². The molecule has 0 saturated heterocycles. The van der Waals surface area contributed by atoms with Gasteiger partial charge in [0.05, 0.1) is 10.7 Å². The zero-order chi connectivity index (χ0) is 23.1. The smallest absolute Gasteiger partial charge is 0.263 e. The van der Waals surface area contributed by atoms with Crippen LogP contribution in [-0.4, -0.2) is 6.54 Å². The van der Waals surface area contributed by atoms with Gasteiger partial charge in [-0.3, -0.25) is 0 Å². The average Bonchev–Trinajstić information content (AvgIpc) is 3.35. The lowest BCUT2D eigenvalue weighted by Gasteiger charge is -2.19. The fourth-order valence-electron chi connectivity index (χ4n) is 5.17. The second-order valence-electron chi connectivity index (χ2n) is 9.25. The molecule has 5 heteroatoms. The van der Waals surface area contributed by atoms with E-state index in [1.807, 2.05) is 23.1 Å². The Morgan fingerprint density at radius 1 is 1.06 bits per heavy atom. The number of aromatic nitrogens is 1. The molecule has 34 heavy (non-hydrogen) atoms. The predicted octanol–water partition coefficient (Wildman–Crippen LogP) is 4.98. The molecule has 1 aliphatic carbocycles. The molecule has 2 nitrogen and oxygen atoms in total. The average molecular weight is 556 g/mol. The van der Waals surface area contributed by atoms with Crippen LogP contribution < -0.4 is 26.4 Å². The predicted molar refractivity (Wildman–Crippen MR) is 145 cm³/mol. The second-order valence-corrected chi connectivity index (χ2v) is 11.3. The van der Waals surface area contributed by atoms with Crippen LogP contribution in [0.25, 0.3) is 16.3 Å². The number of nitrogens with zero attached hydrogens (tertiary/aromatic N) is 2. The molecule has 0 saturated carbocycles. The Morgan fingerprint density at radius 3 is 2.56 bits per heavy atom. The topological polar surface area (TPSA) is 7.12 Å². The Kier molecular flexibility index (Phi) is 7.95. The molecule has 0 N–H and O–H groups in total. The first-order valence-electron chi connectivity index (χ1n) is 12.5. The molecule has 0 amide bonds. The largest absolute Gasteiger partial charge is 1.00 e. The van der Waals surface area contributed by atoms with Crippen molar-refractivity contribution in [1.82, 2.24) is 0 Å². The van der Waals surface area contributed by atoms with Crippen LogP contribution in [0.3, 0.4) is 0 Å². The molecule has 0 atom stereocenters. The van der Waals surface area contributed by atoms with Gasteiger partial charge in [0.15, 0.2) is 0 Å². The van der Waals surface area contributed by atoms with Gasteiger partial charge in [0.2, 0.25) is 5.52 Å². The van der Waals surface area contributed by atoms with Crippen LogP contribution in [0, 0.1) is 13.8 Å². The van der Waals surface area contributed by atoms with Crippen molar-refractivity contribution in [3.63, 3.8) is 0 Å². The van der Waals surface area contributed by atoms with Crippen LogP contribution in [0.2, 0.25) is 0 Å². The number of halogens is 1. The summed E-state index contributed by atoms with van der Waals surface area (Å²) in [6, 6.07) is 9.47. The normalized spacial score (nSPS) is 16.7. The molecule has 0 bridgehead atoms. The highest BCUT2D eigenvalue weighted by molar-refractivity contribution is 8.03. The van der Waals surface area contributed by atoms with Crippen molar-refractivity contribution >= 4 is 45.1 Å². The van der Waals surface area contributed by atoms with E-state index in [0.29, 0.717) is 0 Å². The third-order valence-corrected chi connectivity index (χ3v) is 9.53. The number of hydrogen-bond acceptors (Lipinski definition) is 3. The minimum Gasteiger partial charge on any atom is -1.00 e. The Morgan fingerprint density at radius 2 is 1.82 bits per heavy atom. The molecule has 0 fully saturated rings. The summed E-state index contributed by atoms with van der Waals surface area (Å²) in [5.74, 6) is 0. The summed E-state index contributed by atoms with van der Waals surface area (Å²) < 4.78 is 4.04. The summed E-state index contributed by atoms with van der Waals surface area (Å²) in [5, 5.41) is 2.74. The SMILES string of the molecule is CCC(/C=C1\Sc2cc(C)c(C)cc2N1CC)=C\c1sc2c3c(ccc2[n+]1CC)CCCC3.[Br-]. The lowest BCUT2D eigenvalue weighted by Crippen LogP contribution is -3.00. The maximum absolute atomic E-state index is 2.52. The van der Waals surface area contributed by atoms with E-state index in [0.717, 1.165) is 19.5 Å². The Hall–Kier alpha value is -1.56. The number of allylic oxidation sites excluding steroid dienone is 2. The highest BCUT2D eigenvalue weighted by Crippen LogP contribution is 2.47. The number of hydrogen-bond donors (Lipinski definition) is 0. The molecule has 0 radical (unpaired) electrons. The molecule has 180 valence electrons. The van der Waals surface area contributed by atoms with E-state index in [1.165, 1.54) is 73.2 Å². The van der Waals surface area contributed by atoms with E-state index in [-0.39, 0.29) is 17.0 Å². The lowest BCUT2D eigenvalue weighted by molar-refractivity contribution is -0.665. The summed E-state index contributed by atoms with van der Waals surface area (Å²) in [7, 11) is 0. The molecule has 0 spiro atoms. The van der Waals surface area contributed by atoms with E-state index in [4.69, 9.17) is 0 Å². The molecule has 2 aromatic carbocycles. The quantitative estimate of drug-likeness (QED) is 0.411. The number of anilines is 1. The minimum atomic E-state index is 0. The molecular formula is C29H35BrN2S2. The van der Waals surface area contributed by atoms with Crippen LogP contribution in [0.4, 0.5) is 5.69 Å². The van der Waals surface area contributed by atoms with E-state index in [2.05, 4.69) is 80.5 Å². The maximum atomic E-state index is 2.52. The van der Waals surface area contributed by atoms with Gasteiger partial charge in [0.1, 0.15) is 11.2 Å². The molecule has 0 unspecified atom stereocenters. The molecule has 1 aliphatic heterocycles. The maximum Gasteiger partial charge on any atom is 0.263 e. The third-order valence-electron chi connectivity index (χ3n) is 7.23. The van der Waals surface area contributed by atoms with E-state index < -0.39 is 0 Å². The number of fused-ring (bicyclic) bond motifs is 4. The highest BCUT2D eigenvalue weighted by Gasteiger charge is 2.26. The first-order chi connectivity index (χ1) is 16.0. The molecule has 2 heterocycles. The standard InChI is InChI=1S/C29H35N2S2.BrH/c1-6-21(17-27-31(8-3)25-15-19(4)20(5)16-26(25)32-27)18-28-30(7-2)24-14-13-22-11-9-10-12-23(22)29(24)33-28;/h13-18H,6-12H2,1-5H3;1H/q+1;/p-1. The summed E-state index contributed by atoms with van der Waals surface area (Å²) in [6.45, 7) is 13.3. The van der Waals surface area contributed by atoms with Crippen molar-refractivity contribution in [3.05, 3.63) is 68.2 Å². The van der Waals surface area contributed by atoms with Gasteiger partial charge >= 0.3 is 0 Å². The summed E-state index contributed by atoms with van der Waals surface area (Å²) >= 11 is 3.92. The molecule has 1 aromatic heterocycles. The van der Waals surface area contributed by atoms with Crippen LogP contribution in [0.15, 0.2) is 45.8 Å². The fourth-order valence-corrected chi connectivity index (χ4v) is 7.85. The van der Waals surface area contributed by atoms with E-state index in [9.17, 15) is 0 Å². The highest BCUT2D eigenvalue weighted by atomic mass is 79.9. The first-order valence-corrected chi connectivity index (χ1v) is 14.1. The van der Waals surface area contributed by atoms with Gasteiger partial charge in [0.25, 0.3) is 5.01 Å². The van der Waals surface area contributed by atoms with Crippen molar-refractivity contribution < 1.29 is 21.5 Å². The van der Waals surface area contributed by atoms with Crippen LogP contribution in [0.5, 0.6) is 0 Å². The van der Waals surface area contributed by atoms with Crippen LogP contribution in [0.1, 0.15) is 67.3 Å². The monoisotopic (exact) mass is 554 g/mol. The zero-order valence-electron chi connectivity index (χ0n) is 21.0. The number of aryl methyl sites for hydroxylation is 5. The first kappa shape index (κ1) is 25.5. The van der Waals surface area contributed by atoms with Crippen molar-refractivity contribution in [2.45, 2.75) is 78.2 Å². The molecule has 3 aromatic rings. The minimum absolute atomic E-state index is 0. The number of thioether (sulfide) groups is 1. The van der Waals surface area contributed by atoms with Gasteiger partial charge in [-0.25, -0.2) is 0 Å². The number of rotatable bonds is 5. The Bertz CT molecular complexity index is 1290. The fraction of sp³-hybridized carbons (Fsp3) is 0.414. The van der Waals surface area contributed by atoms with E-state index in [1.54, 1.807) is 11.1 Å². The third kappa shape index (κ3) is 4.52. The Labute approximate surface area is 223 Å². The summed E-state index contributed by atoms with van der Waals surface area (Å²) in [4.78, 5) is 3.87. The van der Waals surface area contributed by atoms with Crippen molar-refractivity contribution in [1.29, 1.82) is 0 Å².